The highest BCUT2D eigenvalue weighted by Crippen LogP contribution is 2.33. The van der Waals surface area contributed by atoms with Gasteiger partial charge in [-0.25, -0.2) is 0 Å². The van der Waals surface area contributed by atoms with Crippen molar-refractivity contribution in [1.82, 2.24) is 5.32 Å². The van der Waals surface area contributed by atoms with E-state index in [1.54, 1.807) is 31.4 Å². The molecular formula is C20H23NO4. The number of carbonyl (C=O) groups is 1. The Kier molecular flexibility index (Phi) is 5.06. The first kappa shape index (κ1) is 17.5. The minimum absolute atomic E-state index is 0.166. The molecule has 1 aliphatic rings. The molecule has 5 heteroatoms. The molecule has 2 atom stereocenters. The summed E-state index contributed by atoms with van der Waals surface area (Å²) in [4.78, 5) is 12.6. The maximum absolute atomic E-state index is 12.6. The maximum Gasteiger partial charge on any atom is 0.251 e. The molecule has 0 saturated carbocycles. The van der Waals surface area contributed by atoms with Gasteiger partial charge in [-0.2, -0.15) is 0 Å². The SMILES string of the molecule is COc1ccc(C(=O)N[C@@H]2COC(C)(C)O[C@H]2c2ccccc2)cc1. The van der Waals surface area contributed by atoms with E-state index >= 15 is 0 Å². The molecule has 1 saturated heterocycles. The predicted molar refractivity (Wildman–Crippen MR) is 94.5 cm³/mol. The zero-order chi connectivity index (χ0) is 17.9. The van der Waals surface area contributed by atoms with Crippen molar-refractivity contribution < 1.29 is 19.0 Å². The Bertz CT molecular complexity index is 712. The summed E-state index contributed by atoms with van der Waals surface area (Å²) in [5, 5.41) is 3.03. The summed E-state index contributed by atoms with van der Waals surface area (Å²) < 4.78 is 17.0. The van der Waals surface area contributed by atoms with Gasteiger partial charge in [0, 0.05) is 5.56 Å². The first-order valence-electron chi connectivity index (χ1n) is 8.30. The number of nitrogens with one attached hydrogen (secondary N) is 1. The Morgan fingerprint density at radius 1 is 1.12 bits per heavy atom. The third kappa shape index (κ3) is 4.18. The number of hydrogen-bond donors (Lipinski definition) is 1. The van der Waals surface area contributed by atoms with Crippen LogP contribution in [0.3, 0.4) is 0 Å². The van der Waals surface area contributed by atoms with Crippen LogP contribution in [-0.2, 0) is 9.47 Å². The van der Waals surface area contributed by atoms with Crippen LogP contribution in [0.25, 0.3) is 0 Å². The third-order valence-electron chi connectivity index (χ3n) is 4.18. The molecule has 3 rings (SSSR count). The van der Waals surface area contributed by atoms with Crippen molar-refractivity contribution in [2.24, 2.45) is 0 Å². The van der Waals surface area contributed by atoms with E-state index in [0.717, 1.165) is 5.56 Å². The smallest absolute Gasteiger partial charge is 0.251 e. The van der Waals surface area contributed by atoms with Gasteiger partial charge in [0.05, 0.1) is 19.8 Å². The van der Waals surface area contributed by atoms with Gasteiger partial charge >= 0.3 is 0 Å². The quantitative estimate of drug-likeness (QED) is 0.927. The average Bonchev–Trinajstić information content (AvgIpc) is 2.63. The molecule has 0 aliphatic carbocycles. The number of methoxy groups -OCH3 is 1. The zero-order valence-corrected chi connectivity index (χ0v) is 14.7. The molecule has 2 aromatic carbocycles. The molecule has 1 N–H and O–H groups in total. The van der Waals surface area contributed by atoms with Gasteiger partial charge < -0.3 is 19.5 Å². The van der Waals surface area contributed by atoms with Crippen LogP contribution in [0.1, 0.15) is 35.9 Å². The van der Waals surface area contributed by atoms with Gasteiger partial charge in [0.1, 0.15) is 11.9 Å². The Labute approximate surface area is 147 Å². The lowest BCUT2D eigenvalue weighted by Crippen LogP contribution is -2.51. The van der Waals surface area contributed by atoms with E-state index < -0.39 is 5.79 Å². The van der Waals surface area contributed by atoms with Gasteiger partial charge in [0.25, 0.3) is 5.91 Å². The summed E-state index contributed by atoms with van der Waals surface area (Å²) in [7, 11) is 1.60. The predicted octanol–water partition coefficient (Wildman–Crippen LogP) is 3.32. The maximum atomic E-state index is 12.6. The van der Waals surface area contributed by atoms with Crippen LogP contribution in [0.15, 0.2) is 54.6 Å². The molecule has 0 aromatic heterocycles. The second-order valence-corrected chi connectivity index (χ2v) is 6.47. The number of amides is 1. The molecule has 1 aliphatic heterocycles. The van der Waals surface area contributed by atoms with Gasteiger partial charge in [0.15, 0.2) is 5.79 Å². The Morgan fingerprint density at radius 3 is 2.44 bits per heavy atom. The third-order valence-corrected chi connectivity index (χ3v) is 4.18. The lowest BCUT2D eigenvalue weighted by molar-refractivity contribution is -0.284. The van der Waals surface area contributed by atoms with Crippen molar-refractivity contribution in [3.05, 3.63) is 65.7 Å². The van der Waals surface area contributed by atoms with E-state index in [-0.39, 0.29) is 18.1 Å². The molecule has 5 nitrogen and oxygen atoms in total. The fourth-order valence-electron chi connectivity index (χ4n) is 2.85. The van der Waals surface area contributed by atoms with E-state index in [1.165, 1.54) is 0 Å². The van der Waals surface area contributed by atoms with Gasteiger partial charge in [-0.15, -0.1) is 0 Å². The van der Waals surface area contributed by atoms with E-state index in [4.69, 9.17) is 14.2 Å². The molecule has 1 fully saturated rings. The normalized spacial score (nSPS) is 22.2. The van der Waals surface area contributed by atoms with Gasteiger partial charge in [-0.3, -0.25) is 4.79 Å². The van der Waals surface area contributed by atoms with Crippen LogP contribution in [0, 0.1) is 0 Å². The number of benzene rings is 2. The van der Waals surface area contributed by atoms with E-state index in [2.05, 4.69) is 5.32 Å². The van der Waals surface area contributed by atoms with Crippen molar-refractivity contribution in [3.63, 3.8) is 0 Å². The van der Waals surface area contributed by atoms with Crippen LogP contribution in [0.2, 0.25) is 0 Å². The van der Waals surface area contributed by atoms with Gasteiger partial charge in [-0.05, 0) is 43.7 Å². The van der Waals surface area contributed by atoms with Crippen molar-refractivity contribution in [2.75, 3.05) is 13.7 Å². The van der Waals surface area contributed by atoms with Crippen LogP contribution in [-0.4, -0.2) is 31.5 Å². The summed E-state index contributed by atoms with van der Waals surface area (Å²) in [5.74, 6) is -0.146. The minimum atomic E-state index is -0.693. The fourth-order valence-corrected chi connectivity index (χ4v) is 2.85. The highest BCUT2D eigenvalue weighted by atomic mass is 16.7. The molecule has 1 amide bonds. The number of hydrogen-bond acceptors (Lipinski definition) is 4. The summed E-state index contributed by atoms with van der Waals surface area (Å²) in [6, 6.07) is 16.6. The van der Waals surface area contributed by atoms with Crippen molar-refractivity contribution in [3.8, 4) is 5.75 Å². The second-order valence-electron chi connectivity index (χ2n) is 6.47. The number of carbonyl (C=O) groups excluding carboxylic acids is 1. The van der Waals surface area contributed by atoms with Crippen molar-refractivity contribution in [2.45, 2.75) is 31.8 Å². The lowest BCUT2D eigenvalue weighted by Gasteiger charge is -2.41. The Balaban J connectivity index is 1.77. The Morgan fingerprint density at radius 2 is 1.80 bits per heavy atom. The van der Waals surface area contributed by atoms with E-state index in [0.29, 0.717) is 17.9 Å². The van der Waals surface area contributed by atoms with Crippen LogP contribution in [0.5, 0.6) is 5.75 Å². The zero-order valence-electron chi connectivity index (χ0n) is 14.7. The highest BCUT2D eigenvalue weighted by molar-refractivity contribution is 5.94. The van der Waals surface area contributed by atoms with Gasteiger partial charge in [-0.1, -0.05) is 30.3 Å². The number of ether oxygens (including phenoxy) is 3. The van der Waals surface area contributed by atoms with Crippen LogP contribution < -0.4 is 10.1 Å². The van der Waals surface area contributed by atoms with Gasteiger partial charge in [0.2, 0.25) is 0 Å². The topological polar surface area (TPSA) is 56.8 Å². The first-order valence-corrected chi connectivity index (χ1v) is 8.30. The highest BCUT2D eigenvalue weighted by Gasteiger charge is 2.38. The largest absolute Gasteiger partial charge is 0.497 e. The fraction of sp³-hybridized carbons (Fsp3) is 0.350. The molecule has 0 bridgehead atoms. The summed E-state index contributed by atoms with van der Waals surface area (Å²) in [6.45, 7) is 4.14. The van der Waals surface area contributed by atoms with Crippen molar-refractivity contribution >= 4 is 5.91 Å². The summed E-state index contributed by atoms with van der Waals surface area (Å²) >= 11 is 0. The summed E-state index contributed by atoms with van der Waals surface area (Å²) in [6.07, 6.45) is -0.271. The van der Waals surface area contributed by atoms with Crippen LogP contribution >= 0.6 is 0 Å². The van der Waals surface area contributed by atoms with Crippen LogP contribution in [0.4, 0.5) is 0 Å². The molecule has 1 heterocycles. The summed E-state index contributed by atoms with van der Waals surface area (Å²) in [5.41, 5.74) is 1.58. The minimum Gasteiger partial charge on any atom is -0.497 e. The lowest BCUT2D eigenvalue weighted by atomic mass is 10.00. The molecule has 0 radical (unpaired) electrons. The Hall–Kier alpha value is -2.37. The molecule has 132 valence electrons. The van der Waals surface area contributed by atoms with Crippen molar-refractivity contribution in [1.29, 1.82) is 0 Å². The number of rotatable bonds is 4. The molecule has 25 heavy (non-hydrogen) atoms. The molecule has 0 spiro atoms. The molecular weight excluding hydrogens is 318 g/mol. The van der Waals surface area contributed by atoms with E-state index in [9.17, 15) is 4.79 Å². The van der Waals surface area contributed by atoms with E-state index in [1.807, 2.05) is 44.2 Å². The monoisotopic (exact) mass is 341 g/mol. The molecule has 2 aromatic rings. The average molecular weight is 341 g/mol. The molecule has 0 unspecified atom stereocenters. The standard InChI is InChI=1S/C20H23NO4/c1-20(2)24-13-17(18(25-20)14-7-5-4-6-8-14)21-19(22)15-9-11-16(23-3)12-10-15/h4-12,17-18H,13H2,1-3H3,(H,21,22)/t17-,18+/m1/s1. The second kappa shape index (κ2) is 7.25. The first-order chi connectivity index (χ1) is 12.0.